The Morgan fingerprint density at radius 3 is 2.19 bits per heavy atom. The number of aryl methyl sites for hydroxylation is 2. The van der Waals surface area contributed by atoms with Gasteiger partial charge in [-0.05, 0) is 64.5 Å². The largest absolute Gasteiger partial charge is 0.444 e. The number of unbranched alkanes of at least 4 members (excludes halogenated alkanes) is 4. The molecule has 1 aromatic carbocycles. The number of alkyl carbamates (subject to hydrolysis) is 1. The van der Waals surface area contributed by atoms with E-state index >= 15 is 0 Å². The first-order chi connectivity index (χ1) is 17.3. The molecule has 0 aromatic heterocycles. The minimum atomic E-state index is -0.822. The van der Waals surface area contributed by atoms with Crippen molar-refractivity contribution < 1.29 is 19.1 Å². The van der Waals surface area contributed by atoms with Gasteiger partial charge in [0.2, 0.25) is 11.8 Å². The predicted octanol–water partition coefficient (Wildman–Crippen LogP) is 6.22. The van der Waals surface area contributed by atoms with Gasteiger partial charge < -0.3 is 20.3 Å². The third kappa shape index (κ3) is 11.1. The molecule has 0 aliphatic rings. The summed E-state index contributed by atoms with van der Waals surface area (Å²) in [7, 11) is 0. The summed E-state index contributed by atoms with van der Waals surface area (Å²) in [4.78, 5) is 42.2. The smallest absolute Gasteiger partial charge is 0.408 e. The maximum Gasteiger partial charge on any atom is 0.408 e. The minimum absolute atomic E-state index is 0.189. The van der Waals surface area contributed by atoms with Crippen molar-refractivity contribution in [1.82, 2.24) is 15.5 Å². The van der Waals surface area contributed by atoms with Crippen molar-refractivity contribution in [3.8, 4) is 0 Å². The average Bonchev–Trinajstić information content (AvgIpc) is 2.79. The fourth-order valence-corrected chi connectivity index (χ4v) is 4.19. The highest BCUT2D eigenvalue weighted by Gasteiger charge is 2.37. The van der Waals surface area contributed by atoms with Crippen LogP contribution in [0, 0.1) is 19.8 Å². The highest BCUT2D eigenvalue weighted by atomic mass is 16.6. The molecule has 0 heterocycles. The van der Waals surface area contributed by atoms with E-state index in [4.69, 9.17) is 4.74 Å². The van der Waals surface area contributed by atoms with Crippen molar-refractivity contribution in [2.45, 2.75) is 119 Å². The van der Waals surface area contributed by atoms with Crippen LogP contribution in [0.2, 0.25) is 0 Å². The number of benzene rings is 1. The molecule has 37 heavy (non-hydrogen) atoms. The molecular weight excluding hydrogens is 466 g/mol. The lowest BCUT2D eigenvalue weighted by Crippen LogP contribution is -2.55. The molecule has 7 nitrogen and oxygen atoms in total. The molecule has 210 valence electrons. The van der Waals surface area contributed by atoms with Crippen LogP contribution in [0.1, 0.15) is 110 Å². The summed E-state index contributed by atoms with van der Waals surface area (Å²) in [6.45, 7) is 18.3. The zero-order valence-corrected chi connectivity index (χ0v) is 24.7. The number of nitrogens with one attached hydrogen (secondary N) is 2. The van der Waals surface area contributed by atoms with E-state index in [1.165, 1.54) is 0 Å². The van der Waals surface area contributed by atoms with Gasteiger partial charge in [-0.15, -0.1) is 0 Å². The van der Waals surface area contributed by atoms with Gasteiger partial charge in [0.1, 0.15) is 17.7 Å². The highest BCUT2D eigenvalue weighted by molar-refractivity contribution is 5.92. The van der Waals surface area contributed by atoms with Crippen LogP contribution in [0.5, 0.6) is 0 Å². The fourth-order valence-electron chi connectivity index (χ4n) is 4.19. The van der Waals surface area contributed by atoms with Crippen LogP contribution in [-0.2, 0) is 14.3 Å². The third-order valence-electron chi connectivity index (χ3n) is 6.26. The quantitative estimate of drug-likeness (QED) is 0.287. The molecule has 2 N–H and O–H groups in total. The number of carbonyl (C=O) groups is 3. The number of carbonyl (C=O) groups excluding carboxylic acids is 3. The second kappa shape index (κ2) is 15.6. The van der Waals surface area contributed by atoms with E-state index in [0.717, 1.165) is 55.2 Å². The van der Waals surface area contributed by atoms with Gasteiger partial charge in [0, 0.05) is 13.1 Å². The lowest BCUT2D eigenvalue weighted by atomic mass is 9.94. The maximum atomic E-state index is 14.2. The maximum absolute atomic E-state index is 14.2. The Morgan fingerprint density at radius 1 is 0.973 bits per heavy atom. The molecule has 0 radical (unpaired) electrons. The molecule has 7 heteroatoms. The number of hydrogen-bond acceptors (Lipinski definition) is 4. The number of amides is 3. The second-order valence-corrected chi connectivity index (χ2v) is 11.4. The Labute approximate surface area is 225 Å². The summed E-state index contributed by atoms with van der Waals surface area (Å²) in [5.74, 6) is -0.653. The molecule has 0 aliphatic carbocycles. The number of rotatable bonds is 14. The van der Waals surface area contributed by atoms with E-state index in [1.54, 1.807) is 25.7 Å². The van der Waals surface area contributed by atoms with E-state index in [0.29, 0.717) is 13.1 Å². The molecule has 2 unspecified atom stereocenters. The van der Waals surface area contributed by atoms with Crippen molar-refractivity contribution >= 4 is 17.9 Å². The van der Waals surface area contributed by atoms with Gasteiger partial charge in [0.15, 0.2) is 0 Å². The molecular formula is C30H51N3O4. The first-order valence-electron chi connectivity index (χ1n) is 14.0. The van der Waals surface area contributed by atoms with Crippen molar-refractivity contribution in [1.29, 1.82) is 0 Å². The molecule has 0 spiro atoms. The molecule has 3 amide bonds. The molecule has 0 fully saturated rings. The fraction of sp³-hybridized carbons (Fsp3) is 0.700. The lowest BCUT2D eigenvalue weighted by Gasteiger charge is -2.36. The Bertz CT molecular complexity index is 876. The van der Waals surface area contributed by atoms with E-state index in [2.05, 4.69) is 24.5 Å². The van der Waals surface area contributed by atoms with Crippen molar-refractivity contribution in [3.63, 3.8) is 0 Å². The van der Waals surface area contributed by atoms with Gasteiger partial charge in [-0.25, -0.2) is 4.79 Å². The van der Waals surface area contributed by atoms with Crippen LogP contribution in [0.4, 0.5) is 4.79 Å². The molecule has 0 saturated heterocycles. The number of ether oxygens (including phenoxy) is 1. The van der Waals surface area contributed by atoms with Crippen molar-refractivity contribution in [2.75, 3.05) is 13.1 Å². The van der Waals surface area contributed by atoms with Gasteiger partial charge in [-0.2, -0.15) is 0 Å². The topological polar surface area (TPSA) is 87.7 Å². The van der Waals surface area contributed by atoms with Gasteiger partial charge in [0.05, 0.1) is 0 Å². The van der Waals surface area contributed by atoms with Gasteiger partial charge in [-0.1, -0.05) is 77.1 Å². The Hall–Kier alpha value is -2.57. The van der Waals surface area contributed by atoms with E-state index in [1.807, 2.05) is 45.9 Å². The summed E-state index contributed by atoms with van der Waals surface area (Å²) in [6, 6.07) is 4.40. The monoisotopic (exact) mass is 517 g/mol. The Balaban J connectivity index is 3.50. The number of hydrogen-bond donors (Lipinski definition) is 2. The standard InChI is InChI=1S/C30H51N3O4/c1-10-12-14-15-19-33(28(35)25(21(3)4)32-29(36)37-30(7,8)9)26(27(34)31-18-13-11-2)24-20-22(5)16-17-23(24)6/h16-17,20-21,25-26H,10-15,18-19H2,1-9H3,(H,31,34)(H,32,36). The van der Waals surface area contributed by atoms with Crippen LogP contribution in [0.3, 0.4) is 0 Å². The van der Waals surface area contributed by atoms with Crippen molar-refractivity contribution in [3.05, 3.63) is 34.9 Å². The SMILES string of the molecule is CCCCCCN(C(=O)C(NC(=O)OC(C)(C)C)C(C)C)C(C(=O)NCCCC)c1cc(C)ccc1C. The van der Waals surface area contributed by atoms with Crippen LogP contribution in [0.15, 0.2) is 18.2 Å². The first-order valence-corrected chi connectivity index (χ1v) is 14.0. The third-order valence-corrected chi connectivity index (χ3v) is 6.26. The summed E-state index contributed by atoms with van der Waals surface area (Å²) >= 11 is 0. The zero-order valence-electron chi connectivity index (χ0n) is 24.7. The summed E-state index contributed by atoms with van der Waals surface area (Å²) < 4.78 is 5.45. The Kier molecular flexibility index (Phi) is 13.7. The average molecular weight is 518 g/mol. The van der Waals surface area contributed by atoms with Gasteiger partial charge in [-0.3, -0.25) is 9.59 Å². The van der Waals surface area contributed by atoms with Gasteiger partial charge >= 0.3 is 6.09 Å². The summed E-state index contributed by atoms with van der Waals surface area (Å²) in [5, 5.41) is 5.86. The normalized spacial score (nSPS) is 13.1. The van der Waals surface area contributed by atoms with Crippen LogP contribution in [-0.4, -0.2) is 47.5 Å². The second-order valence-electron chi connectivity index (χ2n) is 11.4. The van der Waals surface area contributed by atoms with Crippen LogP contribution in [0.25, 0.3) is 0 Å². The molecule has 2 atom stereocenters. The predicted molar refractivity (Wildman–Crippen MR) is 150 cm³/mol. The van der Waals surface area contributed by atoms with Crippen LogP contribution < -0.4 is 10.6 Å². The van der Waals surface area contributed by atoms with Gasteiger partial charge in [0.25, 0.3) is 0 Å². The zero-order chi connectivity index (χ0) is 28.2. The summed E-state index contributed by atoms with van der Waals surface area (Å²) in [6.07, 6.45) is 5.06. The summed E-state index contributed by atoms with van der Waals surface area (Å²) in [5.41, 5.74) is 2.11. The molecule has 1 rings (SSSR count). The van der Waals surface area contributed by atoms with E-state index in [9.17, 15) is 14.4 Å². The molecule has 0 bridgehead atoms. The highest BCUT2D eigenvalue weighted by Crippen LogP contribution is 2.28. The van der Waals surface area contributed by atoms with E-state index in [-0.39, 0.29) is 17.7 Å². The molecule has 1 aromatic rings. The van der Waals surface area contributed by atoms with E-state index < -0.39 is 23.8 Å². The first kappa shape index (κ1) is 32.5. The number of nitrogens with zero attached hydrogens (tertiary/aromatic N) is 1. The van der Waals surface area contributed by atoms with Crippen LogP contribution >= 0.6 is 0 Å². The van der Waals surface area contributed by atoms with Crippen molar-refractivity contribution in [2.24, 2.45) is 5.92 Å². The molecule has 0 saturated carbocycles. The Morgan fingerprint density at radius 2 is 1.62 bits per heavy atom. The minimum Gasteiger partial charge on any atom is -0.444 e. The lowest BCUT2D eigenvalue weighted by molar-refractivity contribution is -0.143. The molecule has 0 aliphatic heterocycles.